The topological polar surface area (TPSA) is 132 Å². The van der Waals surface area contributed by atoms with E-state index in [1.165, 1.54) is 12.1 Å². The zero-order chi connectivity index (χ0) is 25.0. The Morgan fingerprint density at radius 3 is 2.74 bits per heavy atom. The first-order valence-electron chi connectivity index (χ1n) is 11.4. The maximum atomic E-state index is 13.4. The summed E-state index contributed by atoms with van der Waals surface area (Å²) in [6, 6.07) is 8.99. The fraction of sp³-hybridized carbons (Fsp3) is 0.435. The highest BCUT2D eigenvalue weighted by Gasteiger charge is 2.32. The van der Waals surface area contributed by atoms with Gasteiger partial charge < -0.3 is 9.47 Å². The maximum Gasteiger partial charge on any atom is 0.242 e. The van der Waals surface area contributed by atoms with Crippen LogP contribution in [0.25, 0.3) is 0 Å². The van der Waals surface area contributed by atoms with Crippen molar-refractivity contribution < 1.29 is 13.2 Å². The van der Waals surface area contributed by atoms with E-state index >= 15 is 0 Å². The molecule has 1 atom stereocenters. The SMILES string of the molecule is CC1CCN(C(=O)C(CCn2cccc2C#N)NS(=O)(=O)c2ccc(C3=NN=NC3)cc2Cl)CC1. The first-order valence-corrected chi connectivity index (χ1v) is 13.2. The van der Waals surface area contributed by atoms with Crippen molar-refractivity contribution in [3.63, 3.8) is 0 Å². The summed E-state index contributed by atoms with van der Waals surface area (Å²) in [5.74, 6) is 0.247. The van der Waals surface area contributed by atoms with E-state index in [2.05, 4.69) is 33.2 Å². The Morgan fingerprint density at radius 2 is 2.09 bits per heavy atom. The third kappa shape index (κ3) is 5.78. The lowest BCUT2D eigenvalue weighted by atomic mass is 9.98. The van der Waals surface area contributed by atoms with E-state index in [0.717, 1.165) is 12.8 Å². The zero-order valence-corrected chi connectivity index (χ0v) is 20.8. The van der Waals surface area contributed by atoms with E-state index in [1.54, 1.807) is 33.9 Å². The van der Waals surface area contributed by atoms with Crippen LogP contribution in [0.2, 0.25) is 5.02 Å². The van der Waals surface area contributed by atoms with Gasteiger partial charge in [-0.05, 0) is 54.7 Å². The fourth-order valence-corrected chi connectivity index (χ4v) is 5.94. The van der Waals surface area contributed by atoms with Crippen molar-refractivity contribution in [3.05, 3.63) is 52.8 Å². The molecule has 0 bridgehead atoms. The molecule has 0 saturated carbocycles. The molecule has 4 rings (SSSR count). The standard InChI is InChI=1S/C23H26ClN7O3S/c1-16-6-10-31(11-7-16)23(32)20(8-12-30-9-2-3-18(30)14-25)28-35(33,34)22-5-4-17(13-19(22)24)21-15-26-29-27-21/h2-5,9,13,16,20,28H,6-8,10-12,15H2,1H3. The summed E-state index contributed by atoms with van der Waals surface area (Å²) in [6.07, 6.45) is 3.66. The van der Waals surface area contributed by atoms with Gasteiger partial charge in [-0.1, -0.05) is 24.6 Å². The van der Waals surface area contributed by atoms with Crippen LogP contribution in [0.1, 0.15) is 37.4 Å². The number of piperidine rings is 1. The third-order valence-corrected chi connectivity index (χ3v) is 8.25. The minimum atomic E-state index is -4.12. The van der Waals surface area contributed by atoms with E-state index in [4.69, 9.17) is 11.6 Å². The highest BCUT2D eigenvalue weighted by atomic mass is 35.5. The van der Waals surface area contributed by atoms with Gasteiger partial charge in [-0.15, -0.1) is 5.10 Å². The number of sulfonamides is 1. The average Bonchev–Trinajstić information content (AvgIpc) is 3.53. The van der Waals surface area contributed by atoms with Gasteiger partial charge in [0.15, 0.2) is 0 Å². The van der Waals surface area contributed by atoms with Crippen molar-refractivity contribution in [2.45, 2.75) is 43.7 Å². The molecule has 1 unspecified atom stereocenters. The van der Waals surface area contributed by atoms with E-state index in [-0.39, 0.29) is 22.2 Å². The Bertz CT molecular complexity index is 1300. The number of hydrogen-bond acceptors (Lipinski definition) is 7. The van der Waals surface area contributed by atoms with Crippen LogP contribution in [-0.2, 0) is 21.4 Å². The summed E-state index contributed by atoms with van der Waals surface area (Å²) in [5.41, 5.74) is 1.67. The maximum absolute atomic E-state index is 13.4. The normalized spacial score (nSPS) is 17.3. The molecule has 1 N–H and O–H groups in total. The Balaban J connectivity index is 1.56. The molecule has 12 heteroatoms. The second kappa shape index (κ2) is 10.7. The summed E-state index contributed by atoms with van der Waals surface area (Å²) in [5, 5.41) is 20.6. The number of nitrogens with one attached hydrogen (secondary N) is 1. The summed E-state index contributed by atoms with van der Waals surface area (Å²) in [6.45, 7) is 3.91. The van der Waals surface area contributed by atoms with Crippen LogP contribution >= 0.6 is 11.6 Å². The lowest BCUT2D eigenvalue weighted by Gasteiger charge is -2.33. The van der Waals surface area contributed by atoms with E-state index in [1.807, 2.05) is 0 Å². The van der Waals surface area contributed by atoms with Crippen LogP contribution in [0, 0.1) is 17.2 Å². The molecule has 0 aliphatic carbocycles. The molecule has 2 aromatic rings. The predicted octanol–water partition coefficient (Wildman–Crippen LogP) is 3.18. The summed E-state index contributed by atoms with van der Waals surface area (Å²) in [4.78, 5) is 15.0. The van der Waals surface area contributed by atoms with E-state index in [0.29, 0.717) is 49.1 Å². The number of nitrogens with zero attached hydrogens (tertiary/aromatic N) is 6. The quantitative estimate of drug-likeness (QED) is 0.578. The molecule has 2 aliphatic heterocycles. The molecular weight excluding hydrogens is 490 g/mol. The smallest absolute Gasteiger partial charge is 0.242 e. The van der Waals surface area contributed by atoms with Crippen molar-refractivity contribution in [2.75, 3.05) is 19.6 Å². The van der Waals surface area contributed by atoms with E-state index < -0.39 is 16.1 Å². The Morgan fingerprint density at radius 1 is 1.31 bits per heavy atom. The first-order chi connectivity index (χ1) is 16.8. The molecule has 1 saturated heterocycles. The number of carbonyl (C=O) groups is 1. The lowest BCUT2D eigenvalue weighted by molar-refractivity contribution is -0.134. The van der Waals surface area contributed by atoms with Gasteiger partial charge in [-0.25, -0.2) is 8.42 Å². The van der Waals surface area contributed by atoms with Crippen LogP contribution in [0.5, 0.6) is 0 Å². The Hall–Kier alpha value is -3.07. The molecule has 1 aromatic heterocycles. The molecule has 1 aromatic carbocycles. The van der Waals surface area contributed by atoms with Gasteiger partial charge in [0, 0.05) is 31.4 Å². The molecular formula is C23H26ClN7O3S. The molecule has 10 nitrogen and oxygen atoms in total. The number of likely N-dealkylation sites (tertiary alicyclic amines) is 1. The minimum absolute atomic E-state index is 0.0137. The van der Waals surface area contributed by atoms with Crippen molar-refractivity contribution in [2.24, 2.45) is 21.4 Å². The van der Waals surface area contributed by atoms with Crippen molar-refractivity contribution in [1.82, 2.24) is 14.2 Å². The zero-order valence-electron chi connectivity index (χ0n) is 19.3. The fourth-order valence-electron chi connectivity index (χ4n) is 4.17. The third-order valence-electron chi connectivity index (χ3n) is 6.30. The van der Waals surface area contributed by atoms with Gasteiger partial charge in [-0.3, -0.25) is 4.79 Å². The van der Waals surface area contributed by atoms with Crippen LogP contribution in [0.15, 0.2) is 56.9 Å². The largest absolute Gasteiger partial charge is 0.341 e. The number of aryl methyl sites for hydroxylation is 1. The number of benzene rings is 1. The van der Waals surface area contributed by atoms with Gasteiger partial charge in [0.25, 0.3) is 0 Å². The monoisotopic (exact) mass is 515 g/mol. The summed E-state index contributed by atoms with van der Waals surface area (Å²) < 4.78 is 30.9. The molecule has 184 valence electrons. The highest BCUT2D eigenvalue weighted by molar-refractivity contribution is 7.89. The molecule has 0 spiro atoms. The second-order valence-electron chi connectivity index (χ2n) is 8.75. The number of rotatable bonds is 8. The van der Waals surface area contributed by atoms with E-state index in [9.17, 15) is 18.5 Å². The number of amides is 1. The van der Waals surface area contributed by atoms with Gasteiger partial charge in [0.1, 0.15) is 29.2 Å². The highest BCUT2D eigenvalue weighted by Crippen LogP contribution is 2.25. The second-order valence-corrected chi connectivity index (χ2v) is 10.8. The van der Waals surface area contributed by atoms with Gasteiger partial charge in [0.2, 0.25) is 15.9 Å². The molecule has 1 amide bonds. The number of carbonyl (C=O) groups excluding carboxylic acids is 1. The Labute approximate surface area is 209 Å². The van der Waals surface area contributed by atoms with Crippen molar-refractivity contribution in [1.29, 1.82) is 5.26 Å². The molecule has 1 fully saturated rings. The van der Waals surface area contributed by atoms with Crippen LogP contribution < -0.4 is 4.72 Å². The number of aromatic nitrogens is 1. The average molecular weight is 516 g/mol. The van der Waals surface area contributed by atoms with Crippen LogP contribution in [0.4, 0.5) is 0 Å². The number of hydrogen-bond donors (Lipinski definition) is 1. The molecule has 2 aliphatic rings. The summed E-state index contributed by atoms with van der Waals surface area (Å²) >= 11 is 6.35. The number of nitriles is 1. The van der Waals surface area contributed by atoms with Crippen LogP contribution in [-0.4, -0.2) is 55.2 Å². The molecule has 0 radical (unpaired) electrons. The molecule has 35 heavy (non-hydrogen) atoms. The number of halogens is 1. The first kappa shape index (κ1) is 25.0. The Kier molecular flexibility index (Phi) is 7.64. The minimum Gasteiger partial charge on any atom is -0.341 e. The lowest BCUT2D eigenvalue weighted by Crippen LogP contribution is -2.51. The van der Waals surface area contributed by atoms with Gasteiger partial charge in [0.05, 0.1) is 10.7 Å². The summed E-state index contributed by atoms with van der Waals surface area (Å²) in [7, 11) is -4.12. The van der Waals surface area contributed by atoms with Crippen molar-refractivity contribution in [3.8, 4) is 6.07 Å². The molecule has 3 heterocycles. The van der Waals surface area contributed by atoms with Crippen molar-refractivity contribution >= 4 is 33.2 Å². The van der Waals surface area contributed by atoms with Gasteiger partial charge >= 0.3 is 0 Å². The van der Waals surface area contributed by atoms with Gasteiger partial charge in [-0.2, -0.15) is 15.1 Å². The van der Waals surface area contributed by atoms with Crippen LogP contribution in [0.3, 0.4) is 0 Å². The predicted molar refractivity (Wildman–Crippen MR) is 131 cm³/mol.